The lowest BCUT2D eigenvalue weighted by atomic mass is 10.1. The van der Waals surface area contributed by atoms with Crippen LogP contribution in [0.2, 0.25) is 0 Å². The molecule has 0 amide bonds. The van der Waals surface area contributed by atoms with Crippen LogP contribution in [0.5, 0.6) is 23.0 Å². The molecule has 0 aliphatic rings. The molecule has 2 unspecified atom stereocenters. The average molecular weight is 643 g/mol. The number of aliphatic carboxylic acids is 2. The molecule has 2 aromatic rings. The van der Waals surface area contributed by atoms with Crippen molar-refractivity contribution in [2.24, 2.45) is 0 Å². The Balaban J connectivity index is 1.81. The van der Waals surface area contributed by atoms with Crippen LogP contribution in [-0.4, -0.2) is 47.6 Å². The molecule has 8 heteroatoms. The van der Waals surface area contributed by atoms with Gasteiger partial charge in [0.25, 0.3) is 0 Å². The predicted molar refractivity (Wildman–Crippen MR) is 182 cm³/mol. The van der Waals surface area contributed by atoms with Crippen LogP contribution < -0.4 is 18.9 Å². The van der Waals surface area contributed by atoms with Crippen molar-refractivity contribution in [3.63, 3.8) is 0 Å². The van der Waals surface area contributed by atoms with Crippen molar-refractivity contribution in [2.45, 2.75) is 142 Å². The van der Waals surface area contributed by atoms with Crippen molar-refractivity contribution in [2.75, 3.05) is 13.2 Å². The summed E-state index contributed by atoms with van der Waals surface area (Å²) in [6, 6.07) is 14.1. The summed E-state index contributed by atoms with van der Waals surface area (Å²) in [6.07, 6.45) is 17.2. The number of ether oxygens (including phenoxy) is 4. The molecule has 0 saturated carbocycles. The molecular formula is C38H58O8. The number of benzene rings is 2. The van der Waals surface area contributed by atoms with Gasteiger partial charge in [-0.2, -0.15) is 0 Å². The molecule has 0 saturated heterocycles. The molecule has 0 radical (unpaired) electrons. The number of carboxylic acids is 2. The number of unbranched alkanes of at least 4 members (excludes halogenated alkanes) is 14. The fraction of sp³-hybridized carbons (Fsp3) is 0.632. The predicted octanol–water partition coefficient (Wildman–Crippen LogP) is 9.87. The lowest BCUT2D eigenvalue weighted by molar-refractivity contribution is -0.146. The second-order valence-electron chi connectivity index (χ2n) is 12.0. The van der Waals surface area contributed by atoms with Crippen molar-refractivity contribution in [3.05, 3.63) is 48.5 Å². The standard InChI is InChI=1S/C38H58O8/c1-3-5-7-9-11-13-15-17-27-35(37(39)40)45-33-25-21-19-23-31(33)43-29-30-44-32-24-20-22-26-34(32)46-36(38(41)42)28-18-16-14-12-10-8-6-4-2/h19-26,35-36H,3-18,27-30H2,1-2H3,(H,39,40)(H,41,42). The number of carbonyl (C=O) groups is 2. The monoisotopic (exact) mass is 642 g/mol. The summed E-state index contributed by atoms with van der Waals surface area (Å²) in [5, 5.41) is 19.5. The normalized spacial score (nSPS) is 12.3. The minimum absolute atomic E-state index is 0.172. The lowest BCUT2D eigenvalue weighted by Crippen LogP contribution is -2.27. The van der Waals surface area contributed by atoms with Crippen LogP contribution in [-0.2, 0) is 9.59 Å². The Kier molecular flexibility index (Phi) is 20.9. The summed E-state index contributed by atoms with van der Waals surface area (Å²) in [5.74, 6) is -0.338. The van der Waals surface area contributed by atoms with Crippen molar-refractivity contribution < 1.29 is 38.7 Å². The van der Waals surface area contributed by atoms with Gasteiger partial charge >= 0.3 is 11.9 Å². The molecule has 0 aromatic heterocycles. The van der Waals surface area contributed by atoms with Gasteiger partial charge in [0.1, 0.15) is 13.2 Å². The molecule has 0 fully saturated rings. The molecule has 8 nitrogen and oxygen atoms in total. The van der Waals surface area contributed by atoms with Gasteiger partial charge in [0, 0.05) is 0 Å². The largest absolute Gasteiger partial charge is 0.486 e. The first-order valence-corrected chi connectivity index (χ1v) is 17.7. The number of hydrogen-bond acceptors (Lipinski definition) is 6. The van der Waals surface area contributed by atoms with Crippen molar-refractivity contribution >= 4 is 11.9 Å². The van der Waals surface area contributed by atoms with E-state index in [1.54, 1.807) is 48.5 Å². The third kappa shape index (κ3) is 16.8. The van der Waals surface area contributed by atoms with Crippen molar-refractivity contribution in [1.82, 2.24) is 0 Å². The van der Waals surface area contributed by atoms with Crippen LogP contribution in [0, 0.1) is 0 Å². The topological polar surface area (TPSA) is 112 Å². The molecule has 2 N–H and O–H groups in total. The van der Waals surface area contributed by atoms with Gasteiger partial charge in [-0.3, -0.25) is 0 Å². The van der Waals surface area contributed by atoms with Crippen LogP contribution in [0.1, 0.15) is 129 Å². The highest BCUT2D eigenvalue weighted by atomic mass is 16.6. The SMILES string of the molecule is CCCCCCCCCCC(Oc1ccccc1OCCOc1ccccc1OC(CCCCCCCCCC)C(=O)O)C(=O)O. The molecule has 2 atom stereocenters. The van der Waals surface area contributed by atoms with E-state index in [0.29, 0.717) is 35.8 Å². The van der Waals surface area contributed by atoms with Crippen LogP contribution in [0.3, 0.4) is 0 Å². The fourth-order valence-corrected chi connectivity index (χ4v) is 5.34. The van der Waals surface area contributed by atoms with E-state index >= 15 is 0 Å². The Labute approximate surface area is 276 Å². The molecule has 0 bridgehead atoms. The molecule has 0 spiro atoms. The molecule has 258 valence electrons. The van der Waals surface area contributed by atoms with Crippen LogP contribution in [0.25, 0.3) is 0 Å². The van der Waals surface area contributed by atoms with Gasteiger partial charge in [-0.15, -0.1) is 0 Å². The second kappa shape index (κ2) is 24.8. The van der Waals surface area contributed by atoms with Crippen LogP contribution >= 0.6 is 0 Å². The van der Waals surface area contributed by atoms with E-state index < -0.39 is 24.1 Å². The summed E-state index contributed by atoms with van der Waals surface area (Å²) >= 11 is 0. The zero-order valence-electron chi connectivity index (χ0n) is 28.3. The highest BCUT2D eigenvalue weighted by Crippen LogP contribution is 2.30. The summed E-state index contributed by atoms with van der Waals surface area (Å²) in [6.45, 7) is 4.76. The van der Waals surface area contributed by atoms with E-state index in [-0.39, 0.29) is 13.2 Å². The molecule has 2 aromatic carbocycles. The minimum Gasteiger partial charge on any atom is -0.486 e. The quantitative estimate of drug-likeness (QED) is 0.0844. The first kappa shape index (κ1) is 38.8. The first-order chi connectivity index (χ1) is 22.5. The first-order valence-electron chi connectivity index (χ1n) is 17.7. The third-order valence-electron chi connectivity index (χ3n) is 8.03. The maximum absolute atomic E-state index is 11.9. The average Bonchev–Trinajstić information content (AvgIpc) is 3.05. The Morgan fingerprint density at radius 2 is 0.804 bits per heavy atom. The maximum Gasteiger partial charge on any atom is 0.344 e. The van der Waals surface area contributed by atoms with Gasteiger partial charge in [0.2, 0.25) is 0 Å². The van der Waals surface area contributed by atoms with E-state index in [1.165, 1.54) is 64.2 Å². The lowest BCUT2D eigenvalue weighted by Gasteiger charge is -2.19. The molecule has 0 aliphatic carbocycles. The van der Waals surface area contributed by atoms with Crippen LogP contribution in [0.15, 0.2) is 48.5 Å². The highest BCUT2D eigenvalue weighted by Gasteiger charge is 2.22. The molecule has 2 rings (SSSR count). The van der Waals surface area contributed by atoms with Crippen molar-refractivity contribution in [3.8, 4) is 23.0 Å². The highest BCUT2D eigenvalue weighted by molar-refractivity contribution is 5.73. The minimum atomic E-state index is -0.986. The Hall–Kier alpha value is -3.42. The van der Waals surface area contributed by atoms with Gasteiger partial charge in [-0.05, 0) is 49.9 Å². The Morgan fingerprint density at radius 1 is 0.500 bits per heavy atom. The molecular weight excluding hydrogens is 584 g/mol. The zero-order chi connectivity index (χ0) is 33.2. The number of para-hydroxylation sites is 4. The molecule has 0 aliphatic heterocycles. The summed E-state index contributed by atoms with van der Waals surface area (Å²) < 4.78 is 23.6. The molecule has 0 heterocycles. The summed E-state index contributed by atoms with van der Waals surface area (Å²) in [5.41, 5.74) is 0. The Bertz CT molecular complexity index is 1000. The Morgan fingerprint density at radius 3 is 1.13 bits per heavy atom. The smallest absolute Gasteiger partial charge is 0.344 e. The number of hydrogen-bond donors (Lipinski definition) is 2. The van der Waals surface area contributed by atoms with Crippen LogP contribution in [0.4, 0.5) is 0 Å². The fourth-order valence-electron chi connectivity index (χ4n) is 5.34. The second-order valence-corrected chi connectivity index (χ2v) is 12.0. The summed E-state index contributed by atoms with van der Waals surface area (Å²) in [4.78, 5) is 23.8. The van der Waals surface area contributed by atoms with E-state index in [4.69, 9.17) is 18.9 Å². The summed E-state index contributed by atoms with van der Waals surface area (Å²) in [7, 11) is 0. The molecule has 46 heavy (non-hydrogen) atoms. The maximum atomic E-state index is 11.9. The van der Waals surface area contributed by atoms with Gasteiger partial charge < -0.3 is 29.2 Å². The van der Waals surface area contributed by atoms with E-state index in [9.17, 15) is 19.8 Å². The van der Waals surface area contributed by atoms with Gasteiger partial charge in [0.15, 0.2) is 35.2 Å². The number of carboxylic acid groups (broad SMARTS) is 2. The zero-order valence-corrected chi connectivity index (χ0v) is 28.3. The van der Waals surface area contributed by atoms with E-state index in [1.807, 2.05) is 0 Å². The van der Waals surface area contributed by atoms with E-state index in [0.717, 1.165) is 38.5 Å². The van der Waals surface area contributed by atoms with Crippen molar-refractivity contribution in [1.29, 1.82) is 0 Å². The van der Waals surface area contributed by atoms with Gasteiger partial charge in [-0.1, -0.05) is 128 Å². The van der Waals surface area contributed by atoms with Gasteiger partial charge in [-0.25, -0.2) is 9.59 Å². The number of rotatable bonds is 29. The third-order valence-corrected chi connectivity index (χ3v) is 8.03. The van der Waals surface area contributed by atoms with Gasteiger partial charge in [0.05, 0.1) is 0 Å². The van der Waals surface area contributed by atoms with E-state index in [2.05, 4.69) is 13.8 Å².